The molecule has 0 radical (unpaired) electrons. The van der Waals surface area contributed by atoms with Gasteiger partial charge >= 0.3 is 5.97 Å². The van der Waals surface area contributed by atoms with Gasteiger partial charge in [0.25, 0.3) is 0 Å². The molecule has 0 saturated carbocycles. The minimum atomic E-state index is -0.758. The number of carboxylic acid groups (broad SMARTS) is 1. The zero-order valence-corrected chi connectivity index (χ0v) is 12.3. The second kappa shape index (κ2) is 6.32. The molecule has 2 bridgehead atoms. The maximum atomic E-state index is 12.4. The van der Waals surface area contributed by atoms with E-state index in [-0.39, 0.29) is 30.0 Å². The van der Waals surface area contributed by atoms with Crippen molar-refractivity contribution in [3.8, 4) is 0 Å². The topological polar surface area (TPSA) is 78.9 Å². The van der Waals surface area contributed by atoms with Crippen molar-refractivity contribution in [2.45, 2.75) is 56.7 Å². The number of carboxylic acids is 1. The molecular weight excluding hydrogens is 272 g/mol. The first-order chi connectivity index (χ1) is 10.2. The molecule has 3 aliphatic rings. The lowest BCUT2D eigenvalue weighted by molar-refractivity contribution is -0.143. The summed E-state index contributed by atoms with van der Waals surface area (Å²) in [5.74, 6) is -1.05. The maximum absolute atomic E-state index is 12.4. The van der Waals surface area contributed by atoms with Gasteiger partial charge in [0.05, 0.1) is 25.0 Å². The Bertz CT molecular complexity index is 408. The second-order valence-corrected chi connectivity index (χ2v) is 6.35. The van der Waals surface area contributed by atoms with Crippen LogP contribution in [0.1, 0.15) is 38.5 Å². The number of amides is 1. The van der Waals surface area contributed by atoms with Crippen LogP contribution in [0, 0.1) is 5.92 Å². The molecule has 3 saturated heterocycles. The number of piperidine rings is 1. The molecule has 3 unspecified atom stereocenters. The highest BCUT2D eigenvalue weighted by Gasteiger charge is 2.50. The first-order valence-electron chi connectivity index (χ1n) is 8.03. The van der Waals surface area contributed by atoms with E-state index in [4.69, 9.17) is 4.74 Å². The number of hydrogen-bond donors (Lipinski definition) is 2. The summed E-state index contributed by atoms with van der Waals surface area (Å²) >= 11 is 0. The fourth-order valence-electron chi connectivity index (χ4n) is 4.05. The lowest BCUT2D eigenvalue weighted by Crippen LogP contribution is -2.38. The molecule has 3 aliphatic heterocycles. The largest absolute Gasteiger partial charge is 0.481 e. The fourth-order valence-corrected chi connectivity index (χ4v) is 4.05. The SMILES string of the molecule is O=C(O)C1CC2CCC1N2C(=O)CCOC1CCNCC1. The molecule has 3 atom stereocenters. The highest BCUT2D eigenvalue weighted by molar-refractivity contribution is 5.80. The molecule has 118 valence electrons. The van der Waals surface area contributed by atoms with Gasteiger partial charge in [-0.05, 0) is 45.2 Å². The summed E-state index contributed by atoms with van der Waals surface area (Å²) in [5, 5.41) is 12.5. The first-order valence-corrected chi connectivity index (χ1v) is 8.03. The Morgan fingerprint density at radius 3 is 2.62 bits per heavy atom. The number of nitrogens with zero attached hydrogens (tertiary/aromatic N) is 1. The minimum Gasteiger partial charge on any atom is -0.481 e. The zero-order valence-electron chi connectivity index (χ0n) is 12.3. The fraction of sp³-hybridized carbons (Fsp3) is 0.867. The van der Waals surface area contributed by atoms with E-state index < -0.39 is 5.97 Å². The van der Waals surface area contributed by atoms with E-state index in [1.807, 2.05) is 4.90 Å². The lowest BCUT2D eigenvalue weighted by atomic mass is 9.89. The third-order valence-electron chi connectivity index (χ3n) is 5.10. The Morgan fingerprint density at radius 2 is 1.95 bits per heavy atom. The number of rotatable bonds is 5. The van der Waals surface area contributed by atoms with Crippen LogP contribution in [0.3, 0.4) is 0 Å². The summed E-state index contributed by atoms with van der Waals surface area (Å²) in [6.07, 6.45) is 5.07. The van der Waals surface area contributed by atoms with Crippen LogP contribution >= 0.6 is 0 Å². The molecule has 3 fully saturated rings. The van der Waals surface area contributed by atoms with Crippen molar-refractivity contribution in [3.63, 3.8) is 0 Å². The van der Waals surface area contributed by atoms with Crippen LogP contribution in [-0.2, 0) is 14.3 Å². The summed E-state index contributed by atoms with van der Waals surface area (Å²) in [6.45, 7) is 2.42. The van der Waals surface area contributed by atoms with E-state index in [9.17, 15) is 14.7 Å². The van der Waals surface area contributed by atoms with Crippen molar-refractivity contribution >= 4 is 11.9 Å². The summed E-state index contributed by atoms with van der Waals surface area (Å²) < 4.78 is 5.77. The van der Waals surface area contributed by atoms with Crippen molar-refractivity contribution < 1.29 is 19.4 Å². The number of ether oxygens (including phenoxy) is 1. The van der Waals surface area contributed by atoms with E-state index >= 15 is 0 Å². The van der Waals surface area contributed by atoms with Gasteiger partial charge in [-0.1, -0.05) is 0 Å². The highest BCUT2D eigenvalue weighted by atomic mass is 16.5. The molecule has 2 N–H and O–H groups in total. The number of nitrogens with one attached hydrogen (secondary N) is 1. The average molecular weight is 296 g/mol. The number of carbonyl (C=O) groups excluding carboxylic acids is 1. The van der Waals surface area contributed by atoms with Crippen LogP contribution in [-0.4, -0.2) is 59.8 Å². The maximum Gasteiger partial charge on any atom is 0.308 e. The summed E-state index contributed by atoms with van der Waals surface area (Å²) in [5.41, 5.74) is 0. The predicted molar refractivity (Wildman–Crippen MR) is 75.9 cm³/mol. The Balaban J connectivity index is 1.46. The third kappa shape index (κ3) is 3.06. The smallest absolute Gasteiger partial charge is 0.308 e. The van der Waals surface area contributed by atoms with E-state index in [1.54, 1.807) is 0 Å². The molecule has 3 heterocycles. The van der Waals surface area contributed by atoms with Gasteiger partial charge in [0, 0.05) is 12.1 Å². The van der Waals surface area contributed by atoms with Gasteiger partial charge in [0.1, 0.15) is 0 Å². The van der Waals surface area contributed by atoms with Gasteiger partial charge in [-0.15, -0.1) is 0 Å². The van der Waals surface area contributed by atoms with Crippen LogP contribution in [0.2, 0.25) is 0 Å². The van der Waals surface area contributed by atoms with Crippen LogP contribution < -0.4 is 5.32 Å². The van der Waals surface area contributed by atoms with Gasteiger partial charge in [-0.25, -0.2) is 0 Å². The van der Waals surface area contributed by atoms with Crippen molar-refractivity contribution in [1.82, 2.24) is 10.2 Å². The normalized spacial score (nSPS) is 32.6. The molecule has 3 rings (SSSR count). The Labute approximate surface area is 124 Å². The van der Waals surface area contributed by atoms with Crippen molar-refractivity contribution in [3.05, 3.63) is 0 Å². The Hall–Kier alpha value is -1.14. The van der Waals surface area contributed by atoms with Crippen LogP contribution in [0.15, 0.2) is 0 Å². The standard InChI is InChI=1S/C15H24N2O4/c18-14(5-8-21-11-3-6-16-7-4-11)17-10-1-2-13(17)12(9-10)15(19)20/h10-13,16H,1-9H2,(H,19,20). The van der Waals surface area contributed by atoms with Gasteiger partial charge in [-0.2, -0.15) is 0 Å². The van der Waals surface area contributed by atoms with Gasteiger partial charge < -0.3 is 20.1 Å². The number of aliphatic carboxylic acids is 1. The molecule has 0 aliphatic carbocycles. The number of fused-ring (bicyclic) bond motifs is 2. The van der Waals surface area contributed by atoms with Gasteiger partial charge in [-0.3, -0.25) is 9.59 Å². The van der Waals surface area contributed by atoms with E-state index in [2.05, 4.69) is 5.32 Å². The van der Waals surface area contributed by atoms with Crippen LogP contribution in [0.4, 0.5) is 0 Å². The Morgan fingerprint density at radius 1 is 1.19 bits per heavy atom. The van der Waals surface area contributed by atoms with Crippen LogP contribution in [0.5, 0.6) is 0 Å². The Kier molecular flexibility index (Phi) is 4.45. The molecule has 0 spiro atoms. The average Bonchev–Trinajstić information content (AvgIpc) is 3.06. The molecule has 6 nitrogen and oxygen atoms in total. The van der Waals surface area contributed by atoms with Crippen molar-refractivity contribution in [2.24, 2.45) is 5.92 Å². The monoisotopic (exact) mass is 296 g/mol. The lowest BCUT2D eigenvalue weighted by Gasteiger charge is -2.25. The van der Waals surface area contributed by atoms with E-state index in [0.717, 1.165) is 38.8 Å². The molecule has 1 amide bonds. The second-order valence-electron chi connectivity index (χ2n) is 6.35. The predicted octanol–water partition coefficient (Wildman–Crippen LogP) is 0.609. The molecular formula is C15H24N2O4. The molecule has 0 aromatic carbocycles. The molecule has 6 heteroatoms. The van der Waals surface area contributed by atoms with Crippen molar-refractivity contribution in [2.75, 3.05) is 19.7 Å². The number of hydrogen-bond acceptors (Lipinski definition) is 4. The first kappa shape index (κ1) is 14.8. The summed E-state index contributed by atoms with van der Waals surface area (Å²) in [7, 11) is 0. The zero-order chi connectivity index (χ0) is 14.8. The third-order valence-corrected chi connectivity index (χ3v) is 5.10. The quantitative estimate of drug-likeness (QED) is 0.777. The van der Waals surface area contributed by atoms with E-state index in [0.29, 0.717) is 19.4 Å². The molecule has 0 aromatic rings. The van der Waals surface area contributed by atoms with Crippen LogP contribution in [0.25, 0.3) is 0 Å². The van der Waals surface area contributed by atoms with E-state index in [1.165, 1.54) is 0 Å². The van der Waals surface area contributed by atoms with Gasteiger partial charge in [0.2, 0.25) is 5.91 Å². The molecule has 21 heavy (non-hydrogen) atoms. The number of carbonyl (C=O) groups is 2. The van der Waals surface area contributed by atoms with Gasteiger partial charge in [0.15, 0.2) is 0 Å². The van der Waals surface area contributed by atoms with Crippen molar-refractivity contribution in [1.29, 1.82) is 0 Å². The minimum absolute atomic E-state index is 0.0696. The summed E-state index contributed by atoms with van der Waals surface area (Å²) in [4.78, 5) is 25.4. The molecule has 0 aromatic heterocycles. The highest BCUT2D eigenvalue weighted by Crippen LogP contribution is 2.42. The summed E-state index contributed by atoms with van der Waals surface area (Å²) in [6, 6.07) is 0.0568.